The molecule has 68 heavy (non-hydrogen) atoms. The van der Waals surface area contributed by atoms with Crippen molar-refractivity contribution in [3.05, 3.63) is 186 Å². The van der Waals surface area contributed by atoms with Crippen LogP contribution in [0.2, 0.25) is 5.15 Å². The highest BCUT2D eigenvalue weighted by atomic mass is 35.5. The van der Waals surface area contributed by atoms with Crippen LogP contribution in [0, 0.1) is 0 Å². The van der Waals surface area contributed by atoms with Crippen LogP contribution in [0.25, 0.3) is 45.3 Å². The average Bonchev–Trinajstić information content (AvgIpc) is 3.29. The van der Waals surface area contributed by atoms with E-state index in [4.69, 9.17) is 22.3 Å². The number of hydrogen-bond acceptors (Lipinski definition) is 8. The number of nitrogens with zero attached hydrogens (tertiary/aromatic N) is 6. The number of benzene rings is 2. The molecular formula is C59H69ClN8. The lowest BCUT2D eigenvalue weighted by Crippen LogP contribution is -2.11. The maximum Gasteiger partial charge on any atom is 0.131 e. The number of anilines is 3. The van der Waals surface area contributed by atoms with Gasteiger partial charge < -0.3 is 11.1 Å². The Kier molecular flexibility index (Phi) is 16.8. The second-order valence-corrected chi connectivity index (χ2v) is 21.2. The largest absolute Gasteiger partial charge is 0.399 e. The molecule has 3 N–H and O–H groups in total. The van der Waals surface area contributed by atoms with E-state index < -0.39 is 0 Å². The molecule has 8 nitrogen and oxygen atoms in total. The normalized spacial score (nSPS) is 11.5. The Morgan fingerprint density at radius 2 is 0.779 bits per heavy atom. The first-order valence-corrected chi connectivity index (χ1v) is 23.1. The summed E-state index contributed by atoms with van der Waals surface area (Å²) >= 11 is 5.89. The molecule has 352 valence electrons. The number of aromatic nitrogens is 6. The molecule has 0 amide bonds. The summed E-state index contributed by atoms with van der Waals surface area (Å²) in [5.74, 6) is 0.781. The molecule has 0 bridgehead atoms. The third-order valence-electron chi connectivity index (χ3n) is 11.1. The SMILES string of the molecule is C.CC(C)(C)c1ccnc(-c2cccc(Cl)n2)c1.CC(C)(C)c1ccnc(-c2cccc(N)c2)c1.CC(C)(C)c1ccnc(-c2cccc(Nc3cccc(-c4cc(C(C)(C)C)ccn4)n3)c2)c1. The van der Waals surface area contributed by atoms with Gasteiger partial charge in [0.2, 0.25) is 0 Å². The molecule has 2 aromatic carbocycles. The summed E-state index contributed by atoms with van der Waals surface area (Å²) in [6.07, 6.45) is 7.43. The molecule has 6 aromatic heterocycles. The second kappa shape index (κ2) is 21.9. The highest BCUT2D eigenvalue weighted by molar-refractivity contribution is 6.29. The van der Waals surface area contributed by atoms with E-state index in [-0.39, 0.29) is 29.1 Å². The smallest absolute Gasteiger partial charge is 0.131 e. The van der Waals surface area contributed by atoms with Gasteiger partial charge in [0, 0.05) is 47.3 Å². The average molecular weight is 926 g/mol. The van der Waals surface area contributed by atoms with Gasteiger partial charge in [-0.25, -0.2) is 9.97 Å². The van der Waals surface area contributed by atoms with Crippen molar-refractivity contribution >= 4 is 28.8 Å². The van der Waals surface area contributed by atoms with Crippen LogP contribution >= 0.6 is 11.6 Å². The van der Waals surface area contributed by atoms with Gasteiger partial charge in [0.1, 0.15) is 11.0 Å². The van der Waals surface area contributed by atoms with E-state index in [2.05, 4.69) is 168 Å². The summed E-state index contributed by atoms with van der Waals surface area (Å²) < 4.78 is 0. The van der Waals surface area contributed by atoms with E-state index in [1.165, 1.54) is 22.3 Å². The third-order valence-corrected chi connectivity index (χ3v) is 11.3. The van der Waals surface area contributed by atoms with Crippen molar-refractivity contribution in [2.75, 3.05) is 11.1 Å². The number of halogens is 1. The van der Waals surface area contributed by atoms with Crippen molar-refractivity contribution < 1.29 is 0 Å². The molecule has 0 fully saturated rings. The van der Waals surface area contributed by atoms with Gasteiger partial charge in [0.25, 0.3) is 0 Å². The fourth-order valence-corrected chi connectivity index (χ4v) is 7.15. The van der Waals surface area contributed by atoms with Gasteiger partial charge in [-0.15, -0.1) is 0 Å². The number of nitrogens with one attached hydrogen (secondary N) is 1. The van der Waals surface area contributed by atoms with Crippen LogP contribution in [0.4, 0.5) is 17.2 Å². The van der Waals surface area contributed by atoms with Crippen molar-refractivity contribution in [1.82, 2.24) is 29.9 Å². The van der Waals surface area contributed by atoms with E-state index in [0.29, 0.717) is 5.15 Å². The van der Waals surface area contributed by atoms with E-state index in [1.807, 2.05) is 97.6 Å². The summed E-state index contributed by atoms with van der Waals surface area (Å²) in [5, 5.41) is 3.94. The number of hydrogen-bond donors (Lipinski definition) is 2. The van der Waals surface area contributed by atoms with Crippen molar-refractivity contribution in [2.24, 2.45) is 0 Å². The number of nitrogens with two attached hydrogens (primary N) is 1. The molecule has 6 heterocycles. The topological polar surface area (TPSA) is 115 Å². The number of nitrogen functional groups attached to an aromatic ring is 1. The van der Waals surface area contributed by atoms with Gasteiger partial charge in [-0.05, 0) is 141 Å². The molecule has 8 rings (SSSR count). The fraction of sp³-hybridized carbons (Fsp3) is 0.288. The minimum atomic E-state index is 0. The molecule has 0 saturated heterocycles. The van der Waals surface area contributed by atoms with E-state index in [9.17, 15) is 0 Å². The van der Waals surface area contributed by atoms with Crippen molar-refractivity contribution in [2.45, 2.75) is 112 Å². The molecule has 9 heteroatoms. The zero-order valence-electron chi connectivity index (χ0n) is 41.1. The Morgan fingerprint density at radius 1 is 0.397 bits per heavy atom. The first kappa shape index (κ1) is 52.2. The maximum absolute atomic E-state index is 5.89. The highest BCUT2D eigenvalue weighted by Gasteiger charge is 2.18. The molecule has 0 atom stereocenters. The summed E-state index contributed by atoms with van der Waals surface area (Å²) in [6, 6.07) is 44.4. The van der Waals surface area contributed by atoms with E-state index in [1.54, 1.807) is 6.07 Å². The maximum atomic E-state index is 5.89. The second-order valence-electron chi connectivity index (χ2n) is 20.8. The molecule has 0 unspecified atom stereocenters. The van der Waals surface area contributed by atoms with E-state index >= 15 is 0 Å². The van der Waals surface area contributed by atoms with Crippen LogP contribution in [-0.4, -0.2) is 29.9 Å². The zero-order chi connectivity index (χ0) is 48.6. The predicted molar refractivity (Wildman–Crippen MR) is 289 cm³/mol. The Bertz CT molecular complexity index is 2720. The molecule has 0 spiro atoms. The Morgan fingerprint density at radius 3 is 1.22 bits per heavy atom. The molecule has 0 radical (unpaired) electrons. The zero-order valence-corrected chi connectivity index (χ0v) is 41.9. The molecule has 0 aliphatic heterocycles. The standard InChI is InChI=1S/C29H32N4.C15H18N2.C14H15ClN2.CH4/c1-28(2,3)21-13-15-30-25(18-21)20-9-7-10-23(17-20)32-27-12-8-11-24(33-27)26-19-22(14-16-31-26)29(4,5)6;1-15(2,3)12-7-8-17-14(10-12)11-5-4-6-13(16)9-11;1-14(2,3)10-7-8-16-12(9-10)11-5-4-6-13(15)17-11;/h7-19H,1-6H3,(H,32,33);4-10H,16H2,1-3H3;4-9H,1-3H3;1H4. The van der Waals surface area contributed by atoms with Gasteiger partial charge in [-0.3, -0.25) is 19.9 Å². The van der Waals surface area contributed by atoms with Crippen LogP contribution < -0.4 is 11.1 Å². The van der Waals surface area contributed by atoms with Crippen LogP contribution in [-0.2, 0) is 21.7 Å². The van der Waals surface area contributed by atoms with Gasteiger partial charge in [0.15, 0.2) is 0 Å². The lowest BCUT2D eigenvalue weighted by Gasteiger charge is -2.19. The Balaban J connectivity index is 0.000000208. The van der Waals surface area contributed by atoms with Gasteiger partial charge in [0.05, 0.1) is 34.2 Å². The highest BCUT2D eigenvalue weighted by Crippen LogP contribution is 2.31. The molecular weight excluding hydrogens is 856 g/mol. The number of pyridine rings is 6. The fourth-order valence-electron chi connectivity index (χ4n) is 6.98. The summed E-state index contributed by atoms with van der Waals surface area (Å²) in [6.45, 7) is 26.4. The van der Waals surface area contributed by atoms with Gasteiger partial charge >= 0.3 is 0 Å². The first-order valence-electron chi connectivity index (χ1n) is 22.7. The van der Waals surface area contributed by atoms with E-state index in [0.717, 1.165) is 62.5 Å². The van der Waals surface area contributed by atoms with Crippen LogP contribution in [0.1, 0.15) is 113 Å². The number of rotatable bonds is 6. The molecule has 0 saturated carbocycles. The summed E-state index contributed by atoms with van der Waals surface area (Å²) in [7, 11) is 0. The Hall–Kier alpha value is -6.77. The summed E-state index contributed by atoms with van der Waals surface area (Å²) in [4.78, 5) is 27.0. The first-order chi connectivity index (χ1) is 31.5. The lowest BCUT2D eigenvalue weighted by atomic mass is 9.87. The quantitative estimate of drug-likeness (QED) is 0.125. The van der Waals surface area contributed by atoms with Crippen LogP contribution in [0.5, 0.6) is 0 Å². The van der Waals surface area contributed by atoms with Gasteiger partial charge in [-0.2, -0.15) is 0 Å². The molecule has 0 aliphatic rings. The Labute approximate surface area is 411 Å². The van der Waals surface area contributed by atoms with Crippen LogP contribution in [0.3, 0.4) is 0 Å². The van der Waals surface area contributed by atoms with Crippen molar-refractivity contribution in [1.29, 1.82) is 0 Å². The minimum absolute atomic E-state index is 0. The van der Waals surface area contributed by atoms with Crippen molar-refractivity contribution in [3.8, 4) is 45.3 Å². The van der Waals surface area contributed by atoms with Crippen LogP contribution in [0.15, 0.2) is 158 Å². The summed E-state index contributed by atoms with van der Waals surface area (Å²) in [5.41, 5.74) is 20.4. The molecule has 0 aliphatic carbocycles. The minimum Gasteiger partial charge on any atom is -0.399 e. The monoisotopic (exact) mass is 925 g/mol. The third kappa shape index (κ3) is 14.6. The van der Waals surface area contributed by atoms with Crippen molar-refractivity contribution in [3.63, 3.8) is 0 Å². The lowest BCUT2D eigenvalue weighted by molar-refractivity contribution is 0.589. The molecule has 8 aromatic rings. The predicted octanol–water partition coefficient (Wildman–Crippen LogP) is 15.9. The van der Waals surface area contributed by atoms with Gasteiger partial charge in [-0.1, -0.05) is 139 Å².